The number of amides is 3. The van der Waals surface area contributed by atoms with Crippen molar-refractivity contribution < 1.29 is 37.9 Å². The first-order valence-corrected chi connectivity index (χ1v) is 11.0. The highest BCUT2D eigenvalue weighted by molar-refractivity contribution is 5.99. The largest absolute Gasteiger partial charge is 0.382 e. The monoisotopic (exact) mass is 482 g/mol. The van der Waals surface area contributed by atoms with Gasteiger partial charge in [0.1, 0.15) is 23.4 Å². The quantitative estimate of drug-likeness (QED) is 0.304. The van der Waals surface area contributed by atoms with Gasteiger partial charge in [0.05, 0.1) is 25.9 Å². The molecule has 12 heteroatoms. The van der Waals surface area contributed by atoms with Gasteiger partial charge in [0, 0.05) is 20.3 Å². The SMILES string of the molecule is COCC(NC(=O)[C@H](COC)NC(=O)c1cc(C)on1)C(=O)NC(CC(C)C)C(=O)[C@@]1(C)CO1. The molecule has 12 nitrogen and oxygen atoms in total. The van der Waals surface area contributed by atoms with Crippen LogP contribution in [0.5, 0.6) is 0 Å². The van der Waals surface area contributed by atoms with Crippen LogP contribution < -0.4 is 16.0 Å². The van der Waals surface area contributed by atoms with Crippen molar-refractivity contribution in [2.75, 3.05) is 34.0 Å². The van der Waals surface area contributed by atoms with Gasteiger partial charge >= 0.3 is 0 Å². The molecule has 1 saturated heterocycles. The van der Waals surface area contributed by atoms with E-state index in [2.05, 4.69) is 21.1 Å². The number of carbonyl (C=O) groups excluding carboxylic acids is 4. The van der Waals surface area contributed by atoms with Gasteiger partial charge in [-0.3, -0.25) is 19.2 Å². The molecule has 0 radical (unpaired) electrons. The predicted octanol–water partition coefficient (Wildman–Crippen LogP) is -0.252. The number of nitrogens with one attached hydrogen (secondary N) is 3. The lowest BCUT2D eigenvalue weighted by molar-refractivity contribution is -0.134. The Labute approximate surface area is 198 Å². The highest BCUT2D eigenvalue weighted by atomic mass is 16.6. The van der Waals surface area contributed by atoms with Gasteiger partial charge in [-0.15, -0.1) is 0 Å². The molecule has 1 aliphatic heterocycles. The predicted molar refractivity (Wildman–Crippen MR) is 119 cm³/mol. The third-order valence-corrected chi connectivity index (χ3v) is 5.22. The van der Waals surface area contributed by atoms with Crippen molar-refractivity contribution in [1.29, 1.82) is 0 Å². The topological polar surface area (TPSA) is 161 Å². The lowest BCUT2D eigenvalue weighted by Gasteiger charge is -2.26. The number of nitrogens with zero attached hydrogens (tertiary/aromatic N) is 1. The summed E-state index contributed by atoms with van der Waals surface area (Å²) >= 11 is 0. The molecule has 0 spiro atoms. The number of ketones is 1. The van der Waals surface area contributed by atoms with Crippen molar-refractivity contribution in [3.63, 3.8) is 0 Å². The molecule has 34 heavy (non-hydrogen) atoms. The van der Waals surface area contributed by atoms with Crippen LogP contribution in [0, 0.1) is 12.8 Å². The molecule has 190 valence electrons. The van der Waals surface area contributed by atoms with E-state index in [0.717, 1.165) is 0 Å². The van der Waals surface area contributed by atoms with Crippen LogP contribution in [0.15, 0.2) is 10.6 Å². The van der Waals surface area contributed by atoms with E-state index in [-0.39, 0.29) is 30.6 Å². The van der Waals surface area contributed by atoms with Crippen molar-refractivity contribution in [3.05, 3.63) is 17.5 Å². The molecule has 0 bridgehead atoms. The maximum absolute atomic E-state index is 13.0. The minimum atomic E-state index is -1.12. The Morgan fingerprint density at radius 1 is 1.03 bits per heavy atom. The normalized spacial score (nSPS) is 19.7. The van der Waals surface area contributed by atoms with Gasteiger partial charge in [0.25, 0.3) is 5.91 Å². The van der Waals surface area contributed by atoms with Crippen LogP contribution in [-0.2, 0) is 28.6 Å². The zero-order chi connectivity index (χ0) is 25.5. The van der Waals surface area contributed by atoms with E-state index >= 15 is 0 Å². The molecule has 3 amide bonds. The summed E-state index contributed by atoms with van der Waals surface area (Å²) in [6.45, 7) is 7.18. The van der Waals surface area contributed by atoms with Gasteiger partial charge in [-0.2, -0.15) is 0 Å². The first kappa shape index (κ1) is 27.4. The zero-order valence-electron chi connectivity index (χ0n) is 20.4. The number of carbonyl (C=O) groups is 4. The molecule has 3 N–H and O–H groups in total. The van der Waals surface area contributed by atoms with E-state index in [9.17, 15) is 19.2 Å². The number of rotatable bonds is 14. The third kappa shape index (κ3) is 7.61. The summed E-state index contributed by atoms with van der Waals surface area (Å²) in [6.07, 6.45) is 0.413. The first-order chi connectivity index (χ1) is 16.0. The maximum atomic E-state index is 13.0. The van der Waals surface area contributed by atoms with Gasteiger partial charge in [0.2, 0.25) is 11.8 Å². The van der Waals surface area contributed by atoms with Crippen molar-refractivity contribution in [1.82, 2.24) is 21.1 Å². The molecule has 1 aromatic rings. The molecular weight excluding hydrogens is 448 g/mol. The number of hydrogen-bond donors (Lipinski definition) is 3. The average Bonchev–Trinajstić information content (AvgIpc) is 3.37. The fraction of sp³-hybridized carbons (Fsp3) is 0.682. The van der Waals surface area contributed by atoms with Gasteiger partial charge in [-0.25, -0.2) is 0 Å². The van der Waals surface area contributed by atoms with Crippen LogP contribution >= 0.6 is 0 Å². The summed E-state index contributed by atoms with van der Waals surface area (Å²) in [5.74, 6) is -1.55. The van der Waals surface area contributed by atoms with Crippen molar-refractivity contribution in [2.45, 2.75) is 57.8 Å². The Morgan fingerprint density at radius 3 is 2.00 bits per heavy atom. The molecule has 2 heterocycles. The number of Topliss-reactive ketones (excluding diaryl/α,β-unsaturated/α-hetero) is 1. The second kappa shape index (κ2) is 12.0. The van der Waals surface area contributed by atoms with Crippen molar-refractivity contribution in [2.24, 2.45) is 5.92 Å². The lowest BCUT2D eigenvalue weighted by Crippen LogP contribution is -2.58. The molecule has 0 aliphatic carbocycles. The third-order valence-electron chi connectivity index (χ3n) is 5.22. The number of aromatic nitrogens is 1. The molecule has 0 saturated carbocycles. The van der Waals surface area contributed by atoms with E-state index < -0.39 is 41.4 Å². The van der Waals surface area contributed by atoms with Crippen LogP contribution in [0.3, 0.4) is 0 Å². The molecule has 2 rings (SSSR count). The summed E-state index contributed by atoms with van der Waals surface area (Å²) in [4.78, 5) is 51.1. The lowest BCUT2D eigenvalue weighted by atomic mass is 9.93. The highest BCUT2D eigenvalue weighted by Crippen LogP contribution is 2.29. The van der Waals surface area contributed by atoms with Crippen LogP contribution in [-0.4, -0.2) is 86.4 Å². The fourth-order valence-electron chi connectivity index (χ4n) is 3.27. The Kier molecular flexibility index (Phi) is 9.71. The summed E-state index contributed by atoms with van der Waals surface area (Å²) in [5.41, 5.74) is -0.899. The Hall–Kier alpha value is -2.83. The van der Waals surface area contributed by atoms with E-state index in [0.29, 0.717) is 18.8 Å². The van der Waals surface area contributed by atoms with E-state index in [1.807, 2.05) is 13.8 Å². The van der Waals surface area contributed by atoms with Crippen LogP contribution in [0.1, 0.15) is 43.4 Å². The second-order valence-corrected chi connectivity index (χ2v) is 8.90. The second-order valence-electron chi connectivity index (χ2n) is 8.90. The summed E-state index contributed by atoms with van der Waals surface area (Å²) in [7, 11) is 2.75. The number of aryl methyl sites for hydroxylation is 1. The molecule has 4 atom stereocenters. The Morgan fingerprint density at radius 2 is 1.56 bits per heavy atom. The van der Waals surface area contributed by atoms with E-state index in [1.165, 1.54) is 20.3 Å². The number of epoxide rings is 1. The first-order valence-electron chi connectivity index (χ1n) is 11.0. The van der Waals surface area contributed by atoms with Crippen LogP contribution in [0.4, 0.5) is 0 Å². The minimum absolute atomic E-state index is 0.00316. The fourth-order valence-corrected chi connectivity index (χ4v) is 3.27. The number of methoxy groups -OCH3 is 2. The summed E-state index contributed by atoms with van der Waals surface area (Å²) in [6, 6.07) is -1.58. The number of hydrogen-bond acceptors (Lipinski definition) is 9. The molecule has 0 aromatic carbocycles. The van der Waals surface area contributed by atoms with E-state index in [4.69, 9.17) is 18.7 Å². The zero-order valence-corrected chi connectivity index (χ0v) is 20.4. The highest BCUT2D eigenvalue weighted by Gasteiger charge is 2.50. The molecular formula is C22H34N4O8. The molecule has 1 fully saturated rings. The summed E-state index contributed by atoms with van der Waals surface area (Å²) < 4.78 is 20.3. The van der Waals surface area contributed by atoms with Crippen molar-refractivity contribution >= 4 is 23.5 Å². The molecule has 2 unspecified atom stereocenters. The van der Waals surface area contributed by atoms with Gasteiger partial charge < -0.3 is 34.7 Å². The van der Waals surface area contributed by atoms with Gasteiger partial charge in [0.15, 0.2) is 11.5 Å². The molecule has 1 aliphatic rings. The van der Waals surface area contributed by atoms with Crippen LogP contribution in [0.25, 0.3) is 0 Å². The van der Waals surface area contributed by atoms with E-state index in [1.54, 1.807) is 13.8 Å². The Balaban J connectivity index is 2.08. The van der Waals surface area contributed by atoms with Crippen molar-refractivity contribution in [3.8, 4) is 0 Å². The van der Waals surface area contributed by atoms with Gasteiger partial charge in [-0.1, -0.05) is 19.0 Å². The maximum Gasteiger partial charge on any atom is 0.274 e. The number of ether oxygens (including phenoxy) is 3. The standard InChI is InChI=1S/C22H34N4O8/c1-12(2)7-14(18(27)22(4)11-33-22)23-20(29)16(9-31-5)25-21(30)17(10-32-6)24-19(28)15-8-13(3)34-26-15/h8,12,14,16-17H,7,9-11H2,1-6H3,(H,23,29)(H,24,28)(H,25,30)/t14?,16?,17-,22+/m0/s1. The average molecular weight is 483 g/mol. The molecule has 1 aromatic heterocycles. The minimum Gasteiger partial charge on any atom is -0.382 e. The smallest absolute Gasteiger partial charge is 0.274 e. The van der Waals surface area contributed by atoms with Crippen LogP contribution in [0.2, 0.25) is 0 Å². The van der Waals surface area contributed by atoms with Gasteiger partial charge in [-0.05, 0) is 26.2 Å². The Bertz CT molecular complexity index is 880. The summed E-state index contributed by atoms with van der Waals surface area (Å²) in [5, 5.41) is 11.4.